The number of hydrogen-bond donors (Lipinski definition) is 2. The van der Waals surface area contributed by atoms with E-state index in [1.165, 1.54) is 6.07 Å². The third kappa shape index (κ3) is 2.96. The van der Waals surface area contributed by atoms with Crippen LogP contribution < -0.4 is 11.1 Å². The topological polar surface area (TPSA) is 94.2 Å². The van der Waals surface area contributed by atoms with Gasteiger partial charge in [-0.15, -0.1) is 0 Å². The molecule has 0 spiro atoms. The fourth-order valence-electron chi connectivity index (χ4n) is 3.46. The standard InChI is InChI=1S/C20H18ClN3O3S/c1-11(12-4-6-19-15(7-12)16(22)10-28(19,26)27)23-20(25)18-8-13-3-5-14(21)9-17(13)24(18)2/h3-11H,22H2,1-2H3,(H,23,25)/t11-/m0/s1. The number of aromatic nitrogens is 1. The molecule has 0 saturated carbocycles. The second-order valence-corrected chi connectivity index (χ2v) is 9.06. The van der Waals surface area contributed by atoms with Crippen LogP contribution in [0.1, 0.15) is 34.6 Å². The summed E-state index contributed by atoms with van der Waals surface area (Å²) in [6.45, 7) is 1.84. The third-order valence-corrected chi connectivity index (χ3v) is 6.76. The Kier molecular flexibility index (Phi) is 4.24. The van der Waals surface area contributed by atoms with E-state index in [2.05, 4.69) is 5.32 Å². The number of rotatable bonds is 3. The molecule has 1 amide bonds. The molecule has 8 heteroatoms. The van der Waals surface area contributed by atoms with E-state index >= 15 is 0 Å². The van der Waals surface area contributed by atoms with Gasteiger partial charge in [-0.25, -0.2) is 8.42 Å². The molecule has 0 unspecified atom stereocenters. The van der Waals surface area contributed by atoms with Gasteiger partial charge in [-0.2, -0.15) is 0 Å². The molecule has 0 bridgehead atoms. The van der Waals surface area contributed by atoms with Crippen molar-refractivity contribution in [3.63, 3.8) is 0 Å². The van der Waals surface area contributed by atoms with Crippen LogP contribution in [-0.2, 0) is 16.9 Å². The predicted octanol–water partition coefficient (Wildman–Crippen LogP) is 3.37. The van der Waals surface area contributed by atoms with E-state index in [1.54, 1.807) is 22.8 Å². The summed E-state index contributed by atoms with van der Waals surface area (Å²) >= 11 is 6.05. The highest BCUT2D eigenvalue weighted by Crippen LogP contribution is 2.32. The molecule has 3 N–H and O–H groups in total. The molecule has 0 saturated heterocycles. The summed E-state index contributed by atoms with van der Waals surface area (Å²) in [6, 6.07) is 11.9. The van der Waals surface area contributed by atoms with Crippen LogP contribution in [-0.4, -0.2) is 18.9 Å². The highest BCUT2D eigenvalue weighted by atomic mass is 35.5. The Morgan fingerprint density at radius 3 is 2.68 bits per heavy atom. The van der Waals surface area contributed by atoms with Crippen LogP contribution in [0, 0.1) is 0 Å². The molecule has 0 radical (unpaired) electrons. The normalized spacial score (nSPS) is 15.9. The van der Waals surface area contributed by atoms with Crippen molar-refractivity contribution in [2.75, 3.05) is 0 Å². The van der Waals surface area contributed by atoms with Crippen LogP contribution in [0.25, 0.3) is 16.6 Å². The van der Waals surface area contributed by atoms with Gasteiger partial charge in [0.25, 0.3) is 5.91 Å². The van der Waals surface area contributed by atoms with Gasteiger partial charge in [0.1, 0.15) is 5.69 Å². The molecule has 3 aromatic rings. The van der Waals surface area contributed by atoms with E-state index in [0.29, 0.717) is 16.3 Å². The van der Waals surface area contributed by atoms with Crippen LogP contribution >= 0.6 is 11.6 Å². The number of carbonyl (C=O) groups is 1. The summed E-state index contributed by atoms with van der Waals surface area (Å²) in [5, 5.41) is 5.54. The summed E-state index contributed by atoms with van der Waals surface area (Å²) in [7, 11) is -1.67. The fraction of sp³-hybridized carbons (Fsp3) is 0.150. The highest BCUT2D eigenvalue weighted by molar-refractivity contribution is 7.94. The van der Waals surface area contributed by atoms with Gasteiger partial charge in [0.2, 0.25) is 9.84 Å². The number of hydrogen-bond acceptors (Lipinski definition) is 4. The minimum atomic E-state index is -3.48. The van der Waals surface area contributed by atoms with Crippen molar-refractivity contribution >= 4 is 43.9 Å². The van der Waals surface area contributed by atoms with E-state index in [9.17, 15) is 13.2 Å². The molecule has 2 aromatic carbocycles. The van der Waals surface area contributed by atoms with Crippen molar-refractivity contribution in [2.45, 2.75) is 17.9 Å². The molecular formula is C20H18ClN3O3S. The summed E-state index contributed by atoms with van der Waals surface area (Å²) in [5.41, 5.74) is 8.66. The second-order valence-electron chi connectivity index (χ2n) is 6.86. The Morgan fingerprint density at radius 1 is 1.18 bits per heavy atom. The molecule has 1 aromatic heterocycles. The summed E-state index contributed by atoms with van der Waals surface area (Å²) in [5.74, 6) is -0.237. The minimum Gasteiger partial charge on any atom is -0.398 e. The smallest absolute Gasteiger partial charge is 0.268 e. The lowest BCUT2D eigenvalue weighted by Gasteiger charge is -2.16. The molecule has 0 aliphatic carbocycles. The lowest BCUT2D eigenvalue weighted by atomic mass is 10.0. The molecule has 28 heavy (non-hydrogen) atoms. The highest BCUT2D eigenvalue weighted by Gasteiger charge is 2.26. The van der Waals surface area contributed by atoms with Gasteiger partial charge in [-0.3, -0.25) is 4.79 Å². The molecule has 1 aliphatic rings. The number of fused-ring (bicyclic) bond motifs is 2. The van der Waals surface area contributed by atoms with Gasteiger partial charge in [-0.1, -0.05) is 23.7 Å². The maximum absolute atomic E-state index is 12.8. The van der Waals surface area contributed by atoms with Crippen LogP contribution in [0.3, 0.4) is 0 Å². The molecule has 144 valence electrons. The molecule has 4 rings (SSSR count). The molecule has 1 atom stereocenters. The van der Waals surface area contributed by atoms with Crippen molar-refractivity contribution < 1.29 is 13.2 Å². The number of carbonyl (C=O) groups excluding carboxylic acids is 1. The number of sulfone groups is 1. The Labute approximate surface area is 167 Å². The van der Waals surface area contributed by atoms with Crippen LogP contribution in [0.5, 0.6) is 0 Å². The Bertz CT molecular complexity index is 1280. The number of aryl methyl sites for hydroxylation is 1. The van der Waals surface area contributed by atoms with Crippen LogP contribution in [0.2, 0.25) is 5.02 Å². The average molecular weight is 416 g/mol. The number of benzene rings is 2. The summed E-state index contributed by atoms with van der Waals surface area (Å²) in [6.07, 6.45) is 0. The van der Waals surface area contributed by atoms with Gasteiger partial charge in [0.05, 0.1) is 22.0 Å². The zero-order valence-corrected chi connectivity index (χ0v) is 16.8. The average Bonchev–Trinajstić information content (AvgIpc) is 3.08. The molecule has 1 aliphatic heterocycles. The minimum absolute atomic E-state index is 0.192. The van der Waals surface area contributed by atoms with Crippen molar-refractivity contribution in [1.29, 1.82) is 0 Å². The van der Waals surface area contributed by atoms with E-state index < -0.39 is 9.84 Å². The van der Waals surface area contributed by atoms with Gasteiger partial charge >= 0.3 is 0 Å². The SMILES string of the molecule is C[C@H](NC(=O)c1cc2ccc(Cl)cc2n1C)c1ccc2c(c1)C(N)=CS2(=O)=O. The van der Waals surface area contributed by atoms with Gasteiger partial charge in [-0.05, 0) is 42.8 Å². The number of nitrogens with zero attached hydrogens (tertiary/aromatic N) is 1. The van der Waals surface area contributed by atoms with Gasteiger partial charge in [0.15, 0.2) is 0 Å². The third-order valence-electron chi connectivity index (χ3n) is 4.99. The van der Waals surface area contributed by atoms with Crippen LogP contribution in [0.4, 0.5) is 0 Å². The zero-order valence-electron chi connectivity index (χ0n) is 15.2. The Hall–Kier alpha value is -2.77. The van der Waals surface area contributed by atoms with Crippen molar-refractivity contribution in [2.24, 2.45) is 12.8 Å². The zero-order chi connectivity index (χ0) is 20.2. The molecular weight excluding hydrogens is 398 g/mol. The van der Waals surface area contributed by atoms with Crippen LogP contribution in [0.15, 0.2) is 52.8 Å². The van der Waals surface area contributed by atoms with E-state index in [1.807, 2.05) is 32.2 Å². The lowest BCUT2D eigenvalue weighted by Crippen LogP contribution is -2.28. The van der Waals surface area contributed by atoms with Crippen molar-refractivity contribution in [3.05, 3.63) is 69.7 Å². The first-order chi connectivity index (χ1) is 13.2. The number of halogens is 1. The maximum atomic E-state index is 12.8. The van der Waals surface area contributed by atoms with Crippen molar-refractivity contribution in [1.82, 2.24) is 9.88 Å². The largest absolute Gasteiger partial charge is 0.398 e. The lowest BCUT2D eigenvalue weighted by molar-refractivity contribution is 0.0932. The van der Waals surface area contributed by atoms with Gasteiger partial charge < -0.3 is 15.6 Å². The monoisotopic (exact) mass is 415 g/mol. The number of amides is 1. The van der Waals surface area contributed by atoms with E-state index in [0.717, 1.165) is 21.9 Å². The first kappa shape index (κ1) is 18.6. The maximum Gasteiger partial charge on any atom is 0.268 e. The Balaban J connectivity index is 1.62. The Morgan fingerprint density at radius 2 is 1.93 bits per heavy atom. The quantitative estimate of drug-likeness (QED) is 0.685. The van der Waals surface area contributed by atoms with Gasteiger partial charge in [0, 0.05) is 28.5 Å². The number of nitrogens with one attached hydrogen (secondary N) is 1. The van der Waals surface area contributed by atoms with Crippen molar-refractivity contribution in [3.8, 4) is 0 Å². The van der Waals surface area contributed by atoms with E-state index in [4.69, 9.17) is 17.3 Å². The van der Waals surface area contributed by atoms with E-state index in [-0.39, 0.29) is 22.5 Å². The molecule has 0 fully saturated rings. The first-order valence-corrected chi connectivity index (χ1v) is 10.5. The summed E-state index contributed by atoms with van der Waals surface area (Å²) < 4.78 is 25.8. The molecule has 2 heterocycles. The summed E-state index contributed by atoms with van der Waals surface area (Å²) in [4.78, 5) is 13.0. The second kappa shape index (κ2) is 6.39. The number of nitrogens with two attached hydrogens (primary N) is 1. The predicted molar refractivity (Wildman–Crippen MR) is 110 cm³/mol. The fourth-order valence-corrected chi connectivity index (χ4v) is 4.96. The molecule has 6 nitrogen and oxygen atoms in total. The first-order valence-electron chi connectivity index (χ1n) is 8.60.